The number of halogens is 1. The maximum absolute atomic E-state index is 14.0. The van der Waals surface area contributed by atoms with Gasteiger partial charge in [0, 0.05) is 47.6 Å². The van der Waals surface area contributed by atoms with E-state index in [1.165, 1.54) is 25.3 Å². The summed E-state index contributed by atoms with van der Waals surface area (Å²) in [6.07, 6.45) is 7.17. The first-order valence-electron chi connectivity index (χ1n) is 11.6. The minimum absolute atomic E-state index is 0.0754. The maximum Gasteiger partial charge on any atom is 0.224 e. The summed E-state index contributed by atoms with van der Waals surface area (Å²) in [6, 6.07) is 7.29. The van der Waals surface area contributed by atoms with Crippen LogP contribution >= 0.6 is 0 Å². The zero-order valence-corrected chi connectivity index (χ0v) is 18.7. The van der Waals surface area contributed by atoms with Crippen LogP contribution in [0.3, 0.4) is 0 Å². The summed E-state index contributed by atoms with van der Waals surface area (Å²) in [5, 5.41) is 3.19. The van der Waals surface area contributed by atoms with Crippen molar-refractivity contribution in [3.05, 3.63) is 58.4 Å². The second kappa shape index (κ2) is 9.86. The number of rotatable bonds is 6. The highest BCUT2D eigenvalue weighted by atomic mass is 19.1. The van der Waals surface area contributed by atoms with Gasteiger partial charge < -0.3 is 5.32 Å². The number of hydrogen-bond donors (Lipinski definition) is 1. The zero-order chi connectivity index (χ0) is 21.8. The molecule has 1 amide bonds. The van der Waals surface area contributed by atoms with E-state index in [9.17, 15) is 9.18 Å². The van der Waals surface area contributed by atoms with Gasteiger partial charge in [-0.2, -0.15) is 0 Å². The number of nitrogens with one attached hydrogen (secondary N) is 1. The summed E-state index contributed by atoms with van der Waals surface area (Å²) in [7, 11) is 0. The van der Waals surface area contributed by atoms with Gasteiger partial charge in [-0.15, -0.1) is 0 Å². The molecule has 1 aliphatic carbocycles. The quantitative estimate of drug-likeness (QED) is 0.755. The Morgan fingerprint density at radius 2 is 1.81 bits per heavy atom. The van der Waals surface area contributed by atoms with Crippen LogP contribution in [0.2, 0.25) is 0 Å². The number of aryl methyl sites for hydroxylation is 2. The number of nitrogens with zero attached hydrogens (tertiary/aromatic N) is 3. The number of carbonyl (C=O) groups is 1. The third-order valence-corrected chi connectivity index (χ3v) is 6.73. The van der Waals surface area contributed by atoms with Gasteiger partial charge in [0.05, 0.1) is 6.42 Å². The van der Waals surface area contributed by atoms with Gasteiger partial charge in [-0.25, -0.2) is 14.4 Å². The molecule has 1 saturated carbocycles. The van der Waals surface area contributed by atoms with Crippen LogP contribution < -0.4 is 5.32 Å². The van der Waals surface area contributed by atoms with Crippen molar-refractivity contribution in [1.29, 1.82) is 0 Å². The molecule has 0 radical (unpaired) electrons. The van der Waals surface area contributed by atoms with Gasteiger partial charge in [-0.05, 0) is 45.7 Å². The number of amides is 1. The standard InChI is InChI=1S/C25H33FN4O/c1-17-22(14-24(31)29-21-9-4-3-5-10-21)18(2)28-25(27-17)20-12-13-30(16-20)15-19-8-6-7-11-23(19)26/h6-8,11,20-21H,3-5,9-10,12-16H2,1-2H3,(H,29,31)/t20-/m0/s1. The Balaban J connectivity index is 1.38. The summed E-state index contributed by atoms with van der Waals surface area (Å²) in [5.41, 5.74) is 3.47. The number of hydrogen-bond acceptors (Lipinski definition) is 4. The Kier molecular flexibility index (Phi) is 6.96. The van der Waals surface area contributed by atoms with E-state index in [0.717, 1.165) is 60.7 Å². The van der Waals surface area contributed by atoms with Gasteiger partial charge in [0.15, 0.2) is 0 Å². The molecule has 1 saturated heterocycles. The third-order valence-electron chi connectivity index (χ3n) is 6.73. The Morgan fingerprint density at radius 3 is 2.52 bits per heavy atom. The Morgan fingerprint density at radius 1 is 1.10 bits per heavy atom. The molecule has 1 aromatic carbocycles. The fourth-order valence-corrected chi connectivity index (χ4v) is 4.94. The van der Waals surface area contributed by atoms with Crippen LogP contribution in [0.25, 0.3) is 0 Å². The van der Waals surface area contributed by atoms with Crippen LogP contribution in [0.1, 0.15) is 72.8 Å². The first-order chi connectivity index (χ1) is 15.0. The molecular weight excluding hydrogens is 391 g/mol. The van der Waals surface area contributed by atoms with Gasteiger partial charge in [-0.3, -0.25) is 9.69 Å². The highest BCUT2D eigenvalue weighted by Gasteiger charge is 2.28. The molecule has 1 atom stereocenters. The van der Waals surface area contributed by atoms with Crippen LogP contribution in [0, 0.1) is 19.7 Å². The van der Waals surface area contributed by atoms with Crippen molar-refractivity contribution < 1.29 is 9.18 Å². The van der Waals surface area contributed by atoms with Gasteiger partial charge >= 0.3 is 0 Å². The van der Waals surface area contributed by atoms with E-state index in [4.69, 9.17) is 9.97 Å². The normalized spacial score (nSPS) is 20.2. The van der Waals surface area contributed by atoms with Crippen molar-refractivity contribution in [2.45, 2.75) is 77.3 Å². The fourth-order valence-electron chi connectivity index (χ4n) is 4.94. The van der Waals surface area contributed by atoms with Crippen molar-refractivity contribution in [3.8, 4) is 0 Å². The number of carbonyl (C=O) groups excluding carboxylic acids is 1. The molecule has 2 aliphatic rings. The molecule has 2 aromatic rings. The predicted molar refractivity (Wildman–Crippen MR) is 119 cm³/mol. The molecule has 2 fully saturated rings. The second-order valence-corrected chi connectivity index (χ2v) is 9.12. The Hall–Kier alpha value is -2.34. The molecule has 0 spiro atoms. The molecule has 2 heterocycles. The lowest BCUT2D eigenvalue weighted by Crippen LogP contribution is -2.37. The molecule has 1 aliphatic heterocycles. The van der Waals surface area contributed by atoms with Crippen molar-refractivity contribution in [2.75, 3.05) is 13.1 Å². The number of benzene rings is 1. The smallest absolute Gasteiger partial charge is 0.224 e. The van der Waals surface area contributed by atoms with E-state index >= 15 is 0 Å². The van der Waals surface area contributed by atoms with Crippen molar-refractivity contribution in [2.24, 2.45) is 0 Å². The van der Waals surface area contributed by atoms with Crippen LogP contribution in [0.4, 0.5) is 4.39 Å². The van der Waals surface area contributed by atoms with E-state index in [1.54, 1.807) is 6.07 Å². The minimum Gasteiger partial charge on any atom is -0.353 e. The molecule has 0 unspecified atom stereocenters. The average Bonchev–Trinajstić information content (AvgIpc) is 3.22. The summed E-state index contributed by atoms with van der Waals surface area (Å²) in [4.78, 5) is 24.4. The predicted octanol–water partition coefficient (Wildman–Crippen LogP) is 4.21. The topological polar surface area (TPSA) is 58.1 Å². The lowest BCUT2D eigenvalue weighted by atomic mass is 9.95. The second-order valence-electron chi connectivity index (χ2n) is 9.12. The van der Waals surface area contributed by atoms with E-state index in [2.05, 4.69) is 10.2 Å². The molecule has 4 rings (SSSR count). The molecule has 0 bridgehead atoms. The SMILES string of the molecule is Cc1nc([C@H]2CCN(Cc3ccccc3F)C2)nc(C)c1CC(=O)NC1CCCCC1. The summed E-state index contributed by atoms with van der Waals surface area (Å²) in [5.74, 6) is 1.02. The monoisotopic (exact) mass is 424 g/mol. The van der Waals surface area contributed by atoms with Gasteiger partial charge in [0.25, 0.3) is 0 Å². The molecule has 1 N–H and O–H groups in total. The molecule has 31 heavy (non-hydrogen) atoms. The van der Waals surface area contributed by atoms with E-state index in [1.807, 2.05) is 26.0 Å². The summed E-state index contributed by atoms with van der Waals surface area (Å²) < 4.78 is 14.0. The molecule has 5 nitrogen and oxygen atoms in total. The molecule has 166 valence electrons. The van der Waals surface area contributed by atoms with Crippen molar-refractivity contribution in [3.63, 3.8) is 0 Å². The number of aromatic nitrogens is 2. The van der Waals surface area contributed by atoms with E-state index in [0.29, 0.717) is 19.0 Å². The third kappa shape index (κ3) is 5.48. The molecule has 1 aromatic heterocycles. The number of likely N-dealkylation sites (tertiary alicyclic amines) is 1. The van der Waals surface area contributed by atoms with Gasteiger partial charge in [0.1, 0.15) is 11.6 Å². The van der Waals surface area contributed by atoms with Gasteiger partial charge in [-0.1, -0.05) is 37.5 Å². The Labute approximate surface area is 184 Å². The van der Waals surface area contributed by atoms with Crippen LogP contribution in [-0.2, 0) is 17.8 Å². The van der Waals surface area contributed by atoms with Crippen molar-refractivity contribution >= 4 is 5.91 Å². The summed E-state index contributed by atoms with van der Waals surface area (Å²) >= 11 is 0. The maximum atomic E-state index is 14.0. The van der Waals surface area contributed by atoms with Crippen LogP contribution in [-0.4, -0.2) is 39.9 Å². The van der Waals surface area contributed by atoms with Crippen LogP contribution in [0.15, 0.2) is 24.3 Å². The van der Waals surface area contributed by atoms with Crippen molar-refractivity contribution in [1.82, 2.24) is 20.2 Å². The molecule has 6 heteroatoms. The first kappa shape index (κ1) is 21.9. The highest BCUT2D eigenvalue weighted by Crippen LogP contribution is 2.28. The largest absolute Gasteiger partial charge is 0.353 e. The first-order valence-corrected chi connectivity index (χ1v) is 11.6. The average molecular weight is 425 g/mol. The lowest BCUT2D eigenvalue weighted by molar-refractivity contribution is -0.121. The zero-order valence-electron chi connectivity index (χ0n) is 18.7. The highest BCUT2D eigenvalue weighted by molar-refractivity contribution is 5.79. The minimum atomic E-state index is -0.148. The Bertz CT molecular complexity index is 902. The summed E-state index contributed by atoms with van der Waals surface area (Å²) in [6.45, 7) is 6.31. The molecular formula is C25H33FN4O. The van der Waals surface area contributed by atoms with E-state index < -0.39 is 0 Å². The van der Waals surface area contributed by atoms with Gasteiger partial charge in [0.2, 0.25) is 5.91 Å². The van der Waals surface area contributed by atoms with E-state index in [-0.39, 0.29) is 17.6 Å². The lowest BCUT2D eigenvalue weighted by Gasteiger charge is -2.23. The fraction of sp³-hybridized carbons (Fsp3) is 0.560. The van der Waals surface area contributed by atoms with Crippen LogP contribution in [0.5, 0.6) is 0 Å².